The molecule has 0 saturated heterocycles. The Bertz CT molecular complexity index is 5130. The second-order valence-corrected chi connectivity index (χ2v) is 37.8. The van der Waals surface area contributed by atoms with Crippen LogP contribution >= 0.6 is 0 Å². The van der Waals surface area contributed by atoms with Crippen LogP contribution in [0.4, 0.5) is 0 Å². The quantitative estimate of drug-likeness (QED) is 0.0643. The molecule has 0 fully saturated rings. The summed E-state index contributed by atoms with van der Waals surface area (Å²) in [6.07, 6.45) is 2.76. The normalized spacial score (nSPS) is 12.8. The highest BCUT2D eigenvalue weighted by atomic mass is 16.5. The topological polar surface area (TPSA) is 253 Å². The first-order valence-corrected chi connectivity index (χ1v) is 38.9. The van der Waals surface area contributed by atoms with Crippen molar-refractivity contribution in [2.75, 3.05) is 13.2 Å². The van der Waals surface area contributed by atoms with Gasteiger partial charge in [0.15, 0.2) is 11.5 Å². The predicted octanol–water partition coefficient (Wildman–Crippen LogP) is 24.0. The molecule has 7 aromatic carbocycles. The molecule has 20 heteroatoms. The summed E-state index contributed by atoms with van der Waals surface area (Å²) in [5, 5.41) is 38.0. The van der Waals surface area contributed by atoms with Crippen LogP contribution in [0.15, 0.2) is 151 Å². The molecule has 20 nitrogen and oxygen atoms in total. The summed E-state index contributed by atoms with van der Waals surface area (Å²) in [4.78, 5) is 38.9. The van der Waals surface area contributed by atoms with Gasteiger partial charge in [-0.1, -0.05) is 190 Å². The fourth-order valence-electron chi connectivity index (χ4n) is 13.1. The fourth-order valence-corrected chi connectivity index (χ4v) is 13.1. The number of carbonyl (C=O) groups excluding carboxylic acids is 2. The van der Waals surface area contributed by atoms with Crippen molar-refractivity contribution in [3.63, 3.8) is 0 Å². The van der Waals surface area contributed by atoms with Gasteiger partial charge in [-0.3, -0.25) is 9.97 Å². The number of aromatic nitrogens is 10. The zero-order valence-electron chi connectivity index (χ0n) is 70.7. The minimum absolute atomic E-state index is 0.0111. The Balaban J connectivity index is 0.975. The van der Waals surface area contributed by atoms with E-state index in [-0.39, 0.29) is 125 Å². The van der Waals surface area contributed by atoms with Gasteiger partial charge in [0.2, 0.25) is 47.1 Å². The minimum atomic E-state index is -0.714. The summed E-state index contributed by atoms with van der Waals surface area (Å²) >= 11 is 0. The van der Waals surface area contributed by atoms with Crippen LogP contribution in [-0.2, 0) is 52.8 Å². The Kier molecular flexibility index (Phi) is 20.8. The van der Waals surface area contributed by atoms with Crippen LogP contribution in [-0.4, -0.2) is 75.9 Å². The molecule has 0 aliphatic carbocycles. The van der Waals surface area contributed by atoms with Crippen molar-refractivity contribution in [1.29, 1.82) is 0 Å². The summed E-state index contributed by atoms with van der Waals surface area (Å²) in [6.45, 7) is 55.7. The van der Waals surface area contributed by atoms with Gasteiger partial charge in [-0.05, 0) is 199 Å². The molecule has 0 unspecified atom stereocenters. The zero-order chi connectivity index (χ0) is 82.5. The van der Waals surface area contributed by atoms with Crippen molar-refractivity contribution >= 4 is 33.7 Å². The van der Waals surface area contributed by atoms with Crippen LogP contribution in [0.1, 0.15) is 245 Å². The number of rotatable bonds is 16. The molecular weight excluding hydrogens is 1430 g/mol. The molecule has 0 aliphatic rings. The monoisotopic (exact) mass is 1530 g/mol. The summed E-state index contributed by atoms with van der Waals surface area (Å²) in [6, 6.07) is 39.7. The van der Waals surface area contributed by atoms with Crippen LogP contribution in [0.2, 0.25) is 0 Å². The van der Waals surface area contributed by atoms with Gasteiger partial charge in [-0.15, -0.1) is 40.8 Å². The Morgan fingerprint density at radius 3 is 0.658 bits per heavy atom. The number of fused-ring (bicyclic) bond motifs is 3. The first-order chi connectivity index (χ1) is 53.2. The van der Waals surface area contributed by atoms with E-state index >= 15 is 0 Å². The predicted molar refractivity (Wildman–Crippen MR) is 447 cm³/mol. The van der Waals surface area contributed by atoms with E-state index in [0.717, 1.165) is 66.8 Å². The average molecular weight is 1530 g/mol. The van der Waals surface area contributed by atoms with Crippen molar-refractivity contribution in [2.45, 2.75) is 223 Å². The molecule has 0 aliphatic heterocycles. The van der Waals surface area contributed by atoms with E-state index in [4.69, 9.17) is 46.6 Å². The largest absolute Gasteiger partial charge is 0.462 e. The van der Waals surface area contributed by atoms with Gasteiger partial charge in [0.1, 0.15) is 33.7 Å². The van der Waals surface area contributed by atoms with E-state index < -0.39 is 11.9 Å². The number of pyridine rings is 2. The zero-order valence-corrected chi connectivity index (χ0v) is 70.7. The molecule has 6 aromatic heterocycles. The van der Waals surface area contributed by atoms with E-state index in [1.165, 1.54) is 12.4 Å². The lowest BCUT2D eigenvalue weighted by molar-refractivity contribution is 0.0513. The fraction of sp³-hybridized carbons (Fsp3) is 0.383. The Labute approximate surface area is 667 Å². The van der Waals surface area contributed by atoms with E-state index in [9.17, 15) is 9.59 Å². The summed E-state index contributed by atoms with van der Waals surface area (Å²) < 4.78 is 52.6. The van der Waals surface area contributed by atoms with Crippen LogP contribution in [0.25, 0.3) is 113 Å². The highest BCUT2D eigenvalue weighted by Gasteiger charge is 2.32. The number of ether oxygens (including phenoxy) is 4. The Morgan fingerprint density at radius 2 is 0.474 bits per heavy atom. The SMILES string of the molecule is CCOC(=O)c1cnc2c(ccc3c(Oc4cc(-c5nnc(-c6cc(C(C)(C)C)cc(C(C)(C)C)c6)o5)cc(-c5nnc(-c6cc(C(C)(C)C)cc(C(C)(C)C)c6)o5)c4)c(C(=O)OCC)cnc32)c1Oc1cc(-c2nnc(-c3cc(C(C)(C)C)cc(C(C)(C)C)c3)o2)cc(-c2nnc(-c3cc(C(C)(C)C)cc(C(C)(C)C)c3)o2)c1. The highest BCUT2D eigenvalue weighted by molar-refractivity contribution is 6.12. The summed E-state index contributed by atoms with van der Waals surface area (Å²) in [5.74, 6) is 0.903. The summed E-state index contributed by atoms with van der Waals surface area (Å²) in [5.41, 5.74) is 12.5. The molecule has 0 bridgehead atoms. The standard InChI is InChI=1S/C94H104N10O10/c1-27-107-85(105)71-49-95-73-69(75(71)109-67-41-51(77-97-101-81(111-77)55-33-59(87(3,4)5)45-60(34-55)88(6,7)8)31-52(42-67)78-98-102-82(112-78)56-35-61(89(9,10)11)46-62(36-56)90(12,13)14)29-30-70-74(73)96-50-72(86(106)108-28-2)76(70)110-68-43-53(79-99-103-83(113-79)57-37-63(91(15,16)17)47-64(38-57)92(18,19)20)32-54(44-68)80-100-104-84(114-80)58-39-65(93(21,22)23)48-66(40-58)94(24,25)26/h29-50H,27-28H2,1-26H3. The van der Waals surface area contributed by atoms with Gasteiger partial charge < -0.3 is 36.6 Å². The smallest absolute Gasteiger partial charge is 0.343 e. The van der Waals surface area contributed by atoms with Crippen LogP contribution < -0.4 is 9.47 Å². The summed E-state index contributed by atoms with van der Waals surface area (Å²) in [7, 11) is 0. The van der Waals surface area contributed by atoms with Gasteiger partial charge in [-0.25, -0.2) is 9.59 Å². The number of hydrogen-bond acceptors (Lipinski definition) is 20. The Morgan fingerprint density at radius 1 is 0.281 bits per heavy atom. The third-order valence-corrected chi connectivity index (χ3v) is 20.4. The number of carbonyl (C=O) groups is 2. The van der Waals surface area contributed by atoms with Gasteiger partial charge in [0.05, 0.1) is 13.2 Å². The number of hydrogen-bond donors (Lipinski definition) is 0. The number of benzene rings is 7. The molecule has 590 valence electrons. The van der Waals surface area contributed by atoms with E-state index in [1.54, 1.807) is 50.2 Å². The average Bonchev–Trinajstić information content (AvgIpc) is 1.05. The van der Waals surface area contributed by atoms with Crippen molar-refractivity contribution in [3.8, 4) is 115 Å². The second kappa shape index (κ2) is 29.5. The van der Waals surface area contributed by atoms with Gasteiger partial charge in [0.25, 0.3) is 0 Å². The third-order valence-electron chi connectivity index (χ3n) is 20.4. The maximum absolute atomic E-state index is 14.5. The van der Waals surface area contributed by atoms with Crippen LogP contribution in [0.3, 0.4) is 0 Å². The lowest BCUT2D eigenvalue weighted by atomic mass is 9.79. The van der Waals surface area contributed by atoms with E-state index in [2.05, 4.69) is 280 Å². The second-order valence-electron chi connectivity index (χ2n) is 37.8. The molecular formula is C94H104N10O10. The van der Waals surface area contributed by atoms with Crippen molar-refractivity contribution in [2.24, 2.45) is 0 Å². The molecule has 13 rings (SSSR count). The van der Waals surface area contributed by atoms with Gasteiger partial charge in [-0.2, -0.15) is 0 Å². The van der Waals surface area contributed by atoms with E-state index in [0.29, 0.717) is 56.6 Å². The first-order valence-electron chi connectivity index (χ1n) is 38.9. The minimum Gasteiger partial charge on any atom is -0.462 e. The molecule has 6 heterocycles. The number of nitrogens with zero attached hydrogens (tertiary/aromatic N) is 10. The molecule has 13 aromatic rings. The molecule has 0 radical (unpaired) electrons. The molecule has 0 spiro atoms. The molecule has 0 amide bonds. The number of esters is 2. The Hall–Kier alpha value is -11.5. The van der Waals surface area contributed by atoms with Crippen molar-refractivity contribution < 1.29 is 46.2 Å². The van der Waals surface area contributed by atoms with Crippen LogP contribution in [0.5, 0.6) is 23.0 Å². The van der Waals surface area contributed by atoms with Crippen molar-refractivity contribution in [3.05, 3.63) is 189 Å². The first kappa shape index (κ1) is 80.5. The molecule has 114 heavy (non-hydrogen) atoms. The molecule has 0 N–H and O–H groups in total. The van der Waals surface area contributed by atoms with Crippen molar-refractivity contribution in [1.82, 2.24) is 50.8 Å². The molecule has 0 atom stereocenters. The lowest BCUT2D eigenvalue weighted by Gasteiger charge is -2.25. The third kappa shape index (κ3) is 17.0. The van der Waals surface area contributed by atoms with Gasteiger partial charge >= 0.3 is 11.9 Å². The van der Waals surface area contributed by atoms with Gasteiger partial charge in [0, 0.05) is 67.7 Å². The van der Waals surface area contributed by atoms with E-state index in [1.807, 2.05) is 12.1 Å². The highest BCUT2D eigenvalue weighted by Crippen LogP contribution is 2.47. The maximum Gasteiger partial charge on any atom is 0.343 e. The molecule has 0 saturated carbocycles. The lowest BCUT2D eigenvalue weighted by Crippen LogP contribution is -2.16. The maximum atomic E-state index is 14.5. The van der Waals surface area contributed by atoms with Crippen LogP contribution in [0, 0.1) is 0 Å².